The van der Waals surface area contributed by atoms with Crippen LogP contribution in [0.2, 0.25) is 0 Å². The van der Waals surface area contributed by atoms with Gasteiger partial charge in [0.05, 0.1) is 77.2 Å². The molecule has 11 nitrogen and oxygen atoms in total. The summed E-state index contributed by atoms with van der Waals surface area (Å²) in [6.45, 7) is 16.2. The van der Waals surface area contributed by atoms with Crippen molar-refractivity contribution in [3.05, 3.63) is 12.4 Å². The van der Waals surface area contributed by atoms with Gasteiger partial charge in [-0.3, -0.25) is 14.5 Å². The van der Waals surface area contributed by atoms with E-state index in [0.717, 1.165) is 57.0 Å². The van der Waals surface area contributed by atoms with Crippen LogP contribution in [0.4, 0.5) is 0 Å². The van der Waals surface area contributed by atoms with Gasteiger partial charge in [-0.1, -0.05) is 13.0 Å². The van der Waals surface area contributed by atoms with E-state index in [1.54, 1.807) is 0 Å². The Kier molecular flexibility index (Phi) is 16.2. The average Bonchev–Trinajstić information content (AvgIpc) is 3.52. The van der Waals surface area contributed by atoms with Gasteiger partial charge >= 0.3 is 0 Å². The molecule has 3 heterocycles. The lowest BCUT2D eigenvalue weighted by atomic mass is 10.0. The summed E-state index contributed by atoms with van der Waals surface area (Å²) in [7, 11) is 0. The number of thioether (sulfide) groups is 1. The smallest absolute Gasteiger partial charge is 0.224 e. The molecule has 0 aromatic rings. The maximum atomic E-state index is 12.3. The predicted octanol–water partition coefficient (Wildman–Crippen LogP) is 1.19. The topological polar surface area (TPSA) is 114 Å². The predicted molar refractivity (Wildman–Crippen MR) is 162 cm³/mol. The SMILES string of the molecule is C=C1NC2CSC(CCCCC(=O)NCCOCCOCCOCCOCCC(=O)N3CCN(C(C)C)CC3)C2N1. The van der Waals surface area contributed by atoms with E-state index in [9.17, 15) is 9.59 Å². The fourth-order valence-electron chi connectivity index (χ4n) is 5.30. The highest BCUT2D eigenvalue weighted by Gasteiger charge is 2.40. The Morgan fingerprint density at radius 3 is 2.20 bits per heavy atom. The summed E-state index contributed by atoms with van der Waals surface area (Å²) >= 11 is 2.02. The monoisotopic (exact) mass is 599 g/mol. The largest absolute Gasteiger partial charge is 0.379 e. The van der Waals surface area contributed by atoms with Crippen LogP contribution >= 0.6 is 11.8 Å². The molecular formula is C29H53N5O6S. The standard InChI is InChI=1S/C29H53N5O6S/c1-23(2)33-10-12-34(13-11-33)28(36)8-14-37-16-18-39-20-21-40-19-17-38-15-9-30-27(35)7-5-4-6-26-29-25(22-41-26)31-24(3)32-29/h23,25-26,29,31-32H,3-22H2,1-2H3,(H,30,35). The number of amides is 2. The number of nitrogens with one attached hydrogen (secondary N) is 3. The number of carbonyl (C=O) groups excluding carboxylic acids is 2. The average molecular weight is 600 g/mol. The first-order chi connectivity index (χ1) is 19.9. The Bertz CT molecular complexity index is 783. The van der Waals surface area contributed by atoms with Gasteiger partial charge in [0.2, 0.25) is 11.8 Å². The molecule has 0 saturated carbocycles. The van der Waals surface area contributed by atoms with Crippen molar-refractivity contribution in [2.24, 2.45) is 0 Å². The Labute approximate surface area is 250 Å². The minimum Gasteiger partial charge on any atom is -0.379 e. The van der Waals surface area contributed by atoms with Crippen LogP contribution in [0, 0.1) is 0 Å². The summed E-state index contributed by atoms with van der Waals surface area (Å²) in [4.78, 5) is 28.7. The number of hydrogen-bond donors (Lipinski definition) is 3. The number of hydrogen-bond acceptors (Lipinski definition) is 10. The summed E-state index contributed by atoms with van der Waals surface area (Å²) in [5, 5.41) is 10.4. The van der Waals surface area contributed by atoms with E-state index in [1.807, 2.05) is 16.7 Å². The van der Waals surface area contributed by atoms with Gasteiger partial charge < -0.3 is 39.8 Å². The Balaban J connectivity index is 1.00. The Hall–Kier alpha value is -1.57. The van der Waals surface area contributed by atoms with E-state index in [0.29, 0.717) is 95.6 Å². The van der Waals surface area contributed by atoms with Crippen LogP contribution in [0.3, 0.4) is 0 Å². The van der Waals surface area contributed by atoms with Crippen LogP contribution < -0.4 is 16.0 Å². The molecule has 3 aliphatic rings. The third-order valence-electron chi connectivity index (χ3n) is 7.71. The second-order valence-corrected chi connectivity index (χ2v) is 12.3. The van der Waals surface area contributed by atoms with Gasteiger partial charge in [0.25, 0.3) is 0 Å². The second-order valence-electron chi connectivity index (χ2n) is 11.1. The molecule has 3 unspecified atom stereocenters. The van der Waals surface area contributed by atoms with E-state index in [1.165, 1.54) is 0 Å². The van der Waals surface area contributed by atoms with Crippen LogP contribution in [0.1, 0.15) is 46.0 Å². The zero-order valence-corrected chi connectivity index (χ0v) is 26.0. The molecule has 41 heavy (non-hydrogen) atoms. The quantitative estimate of drug-likeness (QED) is 0.166. The lowest BCUT2D eigenvalue weighted by Gasteiger charge is -2.37. The number of carbonyl (C=O) groups is 2. The first kappa shape index (κ1) is 33.9. The molecule has 0 radical (unpaired) electrons. The maximum absolute atomic E-state index is 12.3. The molecular weight excluding hydrogens is 546 g/mol. The third kappa shape index (κ3) is 13.1. The van der Waals surface area contributed by atoms with Gasteiger partial charge in [0, 0.05) is 56.2 Å². The summed E-state index contributed by atoms with van der Waals surface area (Å²) in [5.41, 5.74) is 0. The molecule has 3 saturated heterocycles. The number of ether oxygens (including phenoxy) is 4. The van der Waals surface area contributed by atoms with E-state index in [2.05, 4.69) is 41.3 Å². The zero-order chi connectivity index (χ0) is 29.3. The van der Waals surface area contributed by atoms with Gasteiger partial charge in [-0.05, 0) is 26.7 Å². The first-order valence-corrected chi connectivity index (χ1v) is 16.4. The van der Waals surface area contributed by atoms with Crippen molar-refractivity contribution in [2.45, 2.75) is 69.3 Å². The van der Waals surface area contributed by atoms with Crippen molar-refractivity contribution in [2.75, 3.05) is 91.3 Å². The minimum atomic E-state index is 0.0868. The molecule has 12 heteroatoms. The molecule has 3 rings (SSSR count). The molecule has 0 bridgehead atoms. The molecule has 3 fully saturated rings. The number of unbranched alkanes of at least 4 members (excludes halogenated alkanes) is 1. The highest BCUT2D eigenvalue weighted by molar-refractivity contribution is 8.00. The maximum Gasteiger partial charge on any atom is 0.224 e. The van der Waals surface area contributed by atoms with Crippen molar-refractivity contribution in [1.29, 1.82) is 0 Å². The normalized spacial score (nSPS) is 22.6. The van der Waals surface area contributed by atoms with Gasteiger partial charge in [0.15, 0.2) is 0 Å². The molecule has 3 atom stereocenters. The molecule has 3 aliphatic heterocycles. The lowest BCUT2D eigenvalue weighted by molar-refractivity contribution is -0.134. The van der Waals surface area contributed by atoms with Gasteiger partial charge in [-0.25, -0.2) is 0 Å². The van der Waals surface area contributed by atoms with Crippen molar-refractivity contribution < 1.29 is 28.5 Å². The van der Waals surface area contributed by atoms with E-state index in [-0.39, 0.29) is 11.8 Å². The van der Waals surface area contributed by atoms with E-state index in [4.69, 9.17) is 18.9 Å². The fourth-order valence-corrected chi connectivity index (χ4v) is 6.84. The number of fused-ring (bicyclic) bond motifs is 1. The number of rotatable bonds is 21. The van der Waals surface area contributed by atoms with Crippen LogP contribution in [-0.4, -0.2) is 136 Å². The summed E-state index contributed by atoms with van der Waals surface area (Å²) in [6, 6.07) is 1.51. The fraction of sp³-hybridized carbons (Fsp3) is 0.862. The Morgan fingerprint density at radius 1 is 0.902 bits per heavy atom. The van der Waals surface area contributed by atoms with Crippen LogP contribution in [-0.2, 0) is 28.5 Å². The van der Waals surface area contributed by atoms with Gasteiger partial charge in [-0.15, -0.1) is 0 Å². The zero-order valence-electron chi connectivity index (χ0n) is 25.2. The molecule has 236 valence electrons. The molecule has 0 aromatic carbocycles. The van der Waals surface area contributed by atoms with Crippen molar-refractivity contribution in [3.8, 4) is 0 Å². The second kappa shape index (κ2) is 19.6. The summed E-state index contributed by atoms with van der Waals surface area (Å²) < 4.78 is 22.1. The molecule has 2 amide bonds. The number of piperazine rings is 1. The van der Waals surface area contributed by atoms with Crippen molar-refractivity contribution >= 4 is 23.6 Å². The highest BCUT2D eigenvalue weighted by atomic mass is 32.2. The minimum absolute atomic E-state index is 0.0868. The van der Waals surface area contributed by atoms with Gasteiger partial charge in [-0.2, -0.15) is 11.8 Å². The molecule has 0 spiro atoms. The van der Waals surface area contributed by atoms with Crippen LogP contribution in [0.5, 0.6) is 0 Å². The van der Waals surface area contributed by atoms with Crippen LogP contribution in [0.25, 0.3) is 0 Å². The molecule has 3 N–H and O–H groups in total. The van der Waals surface area contributed by atoms with Crippen LogP contribution in [0.15, 0.2) is 12.4 Å². The first-order valence-electron chi connectivity index (χ1n) is 15.4. The number of nitrogens with zero attached hydrogens (tertiary/aromatic N) is 2. The highest BCUT2D eigenvalue weighted by Crippen LogP contribution is 2.34. The van der Waals surface area contributed by atoms with E-state index < -0.39 is 0 Å². The molecule has 0 aromatic heterocycles. The third-order valence-corrected chi connectivity index (χ3v) is 9.22. The molecule has 0 aliphatic carbocycles. The van der Waals surface area contributed by atoms with Gasteiger partial charge in [0.1, 0.15) is 0 Å². The van der Waals surface area contributed by atoms with E-state index >= 15 is 0 Å². The lowest BCUT2D eigenvalue weighted by Crippen LogP contribution is -2.50. The van der Waals surface area contributed by atoms with Crippen molar-refractivity contribution in [1.82, 2.24) is 25.8 Å². The van der Waals surface area contributed by atoms with Crippen molar-refractivity contribution in [3.63, 3.8) is 0 Å². The summed E-state index contributed by atoms with van der Waals surface area (Å²) in [5.74, 6) is 2.32. The Morgan fingerprint density at radius 2 is 1.54 bits per heavy atom. The summed E-state index contributed by atoms with van der Waals surface area (Å²) in [6.07, 6.45) is 4.08.